The van der Waals surface area contributed by atoms with E-state index in [2.05, 4.69) is 30.9 Å². The van der Waals surface area contributed by atoms with E-state index in [1.807, 2.05) is 0 Å². The van der Waals surface area contributed by atoms with Gasteiger partial charge in [0.2, 0.25) is 11.9 Å². The van der Waals surface area contributed by atoms with Gasteiger partial charge in [0.05, 0.1) is 22.2 Å². The summed E-state index contributed by atoms with van der Waals surface area (Å²) in [6.07, 6.45) is -2.46. The lowest BCUT2D eigenvalue weighted by molar-refractivity contribution is -0.183. The third-order valence-electron chi connectivity index (χ3n) is 5.96. The fourth-order valence-corrected chi connectivity index (χ4v) is 4.51. The molecule has 2 heterocycles. The first-order chi connectivity index (χ1) is 20.2. The van der Waals surface area contributed by atoms with Crippen LogP contribution in [0.25, 0.3) is 11.0 Å². The van der Waals surface area contributed by atoms with Crippen LogP contribution in [0.2, 0.25) is 0 Å². The van der Waals surface area contributed by atoms with Crippen LogP contribution in [-0.2, 0) is 47.7 Å². The van der Waals surface area contributed by atoms with Crippen LogP contribution in [-0.4, -0.2) is 94.0 Å². The molecule has 0 saturated carbocycles. The van der Waals surface area contributed by atoms with Gasteiger partial charge >= 0.3 is 23.9 Å². The number of guanidine groups is 1. The summed E-state index contributed by atoms with van der Waals surface area (Å²) in [5.41, 5.74) is 1.46. The van der Waals surface area contributed by atoms with Crippen molar-refractivity contribution in [2.24, 2.45) is 4.99 Å². The number of aromatic nitrogens is 2. The molecule has 1 aliphatic heterocycles. The van der Waals surface area contributed by atoms with E-state index in [0.29, 0.717) is 21.2 Å². The molecule has 2 aromatic rings. The Morgan fingerprint density at radius 2 is 1.35 bits per heavy atom. The summed E-state index contributed by atoms with van der Waals surface area (Å²) in [4.78, 5) is 89.4. The lowest BCUT2D eigenvalue weighted by Crippen LogP contribution is -2.51. The molecule has 1 aliphatic rings. The van der Waals surface area contributed by atoms with E-state index in [-0.39, 0.29) is 19.0 Å². The monoisotopic (exact) mass is 663 g/mol. The van der Waals surface area contributed by atoms with Gasteiger partial charge in [-0.2, -0.15) is 0 Å². The lowest BCUT2D eigenvalue weighted by atomic mass is 10.2. The van der Waals surface area contributed by atoms with Crippen molar-refractivity contribution in [1.29, 1.82) is 0 Å². The Morgan fingerprint density at radius 3 is 1.91 bits per heavy atom. The van der Waals surface area contributed by atoms with Crippen LogP contribution in [0.4, 0.5) is 5.69 Å². The molecule has 0 fully saturated rings. The number of amides is 2. The molecule has 0 bridgehead atoms. The average molecular weight is 664 g/mol. The van der Waals surface area contributed by atoms with Crippen LogP contribution in [0, 0.1) is 0 Å². The maximum Gasteiger partial charge on any atom is 0.347 e. The number of carbonyl (C=O) groups is 6. The minimum absolute atomic E-state index is 0.0300. The van der Waals surface area contributed by atoms with Gasteiger partial charge in [0, 0.05) is 32.8 Å². The van der Waals surface area contributed by atoms with Crippen LogP contribution < -0.4 is 4.90 Å². The first-order valence-electron chi connectivity index (χ1n) is 13.1. The van der Waals surface area contributed by atoms with E-state index < -0.39 is 60.1 Å². The van der Waals surface area contributed by atoms with E-state index >= 15 is 0 Å². The molecule has 43 heavy (non-hydrogen) atoms. The normalized spacial score (nSPS) is 15.4. The Morgan fingerprint density at radius 1 is 0.814 bits per heavy atom. The van der Waals surface area contributed by atoms with E-state index in [1.54, 1.807) is 12.1 Å². The molecule has 2 amide bonds. The summed E-state index contributed by atoms with van der Waals surface area (Å²) in [5, 5.41) is 0. The molecule has 1 aromatic carbocycles. The number of fused-ring (bicyclic) bond motifs is 1. The predicted octanol–water partition coefficient (Wildman–Crippen LogP) is 1.69. The molecule has 15 nitrogen and oxygen atoms in total. The van der Waals surface area contributed by atoms with Crippen molar-refractivity contribution in [3.63, 3.8) is 0 Å². The van der Waals surface area contributed by atoms with Gasteiger partial charge in [-0.1, -0.05) is 0 Å². The molecular formula is C27H30BrN5O10. The maximum absolute atomic E-state index is 13.4. The average Bonchev–Trinajstić information content (AvgIpc) is 3.42. The van der Waals surface area contributed by atoms with E-state index in [9.17, 15) is 28.8 Å². The van der Waals surface area contributed by atoms with Crippen LogP contribution in [0.15, 0.2) is 34.0 Å². The lowest BCUT2D eigenvalue weighted by Gasteiger charge is -2.29. The number of hydrogen-bond donors (Lipinski definition) is 0. The number of carbonyl (C=O) groups excluding carboxylic acids is 6. The molecule has 0 aliphatic carbocycles. The number of halogens is 1. The molecular weight excluding hydrogens is 634 g/mol. The topological polar surface area (TPSA) is 184 Å². The number of aliphatic imine (C=N–C) groups is 1. The number of anilines is 1. The van der Waals surface area contributed by atoms with Crippen molar-refractivity contribution < 1.29 is 47.7 Å². The zero-order chi connectivity index (χ0) is 32.0. The fraction of sp³-hybridized carbons (Fsp3) is 0.444. The van der Waals surface area contributed by atoms with Gasteiger partial charge in [0.15, 0.2) is 24.4 Å². The Hall–Kier alpha value is -4.47. The van der Waals surface area contributed by atoms with E-state index in [1.165, 1.54) is 56.8 Å². The summed E-state index contributed by atoms with van der Waals surface area (Å²) in [6.45, 7) is 7.74. The number of rotatable bonds is 9. The molecule has 0 saturated heterocycles. The highest BCUT2D eigenvalue weighted by atomic mass is 79.9. The van der Waals surface area contributed by atoms with Gasteiger partial charge < -0.3 is 18.9 Å². The summed E-state index contributed by atoms with van der Waals surface area (Å²) in [5.74, 6) is -4.89. The highest BCUT2D eigenvalue weighted by Gasteiger charge is 2.37. The van der Waals surface area contributed by atoms with E-state index in [4.69, 9.17) is 18.9 Å². The van der Waals surface area contributed by atoms with Gasteiger partial charge in [-0.25, -0.2) is 19.3 Å². The first kappa shape index (κ1) is 33.0. The smallest absolute Gasteiger partial charge is 0.347 e. The van der Waals surface area contributed by atoms with Gasteiger partial charge in [-0.15, -0.1) is 0 Å². The highest BCUT2D eigenvalue weighted by molar-refractivity contribution is 9.10. The van der Waals surface area contributed by atoms with Crippen molar-refractivity contribution >= 4 is 74.3 Å². The molecule has 230 valence electrons. The number of benzene rings is 1. The molecule has 4 atom stereocenters. The van der Waals surface area contributed by atoms with Gasteiger partial charge in [-0.3, -0.25) is 34.2 Å². The van der Waals surface area contributed by atoms with Crippen molar-refractivity contribution in [3.8, 4) is 0 Å². The fourth-order valence-electron chi connectivity index (χ4n) is 3.89. The Labute approximate surface area is 254 Å². The third-order valence-corrected chi connectivity index (χ3v) is 6.75. The number of hydrogen-bond acceptors (Lipinski definition) is 13. The van der Waals surface area contributed by atoms with E-state index in [0.717, 1.165) is 6.92 Å². The number of nitrogens with zero attached hydrogens (tertiary/aromatic N) is 5. The molecule has 0 radical (unpaired) electrons. The molecule has 16 heteroatoms. The van der Waals surface area contributed by atoms with Crippen LogP contribution >= 0.6 is 15.9 Å². The summed E-state index contributed by atoms with van der Waals surface area (Å²) >= 11 is 3.48. The number of esters is 4. The standard InChI is InChI=1S/C27H30BrN5O10/c1-13(41-25(38)15(3)43-26(39)16(4)42-24(37)14(2)40-18(6)35)23(36)32-12-11-31-27(32)33(17(5)34)20-8-7-19-22(21(20)28)30-10-9-29-19/h7-10,13-16H,11-12H2,1-6H3. The Balaban J connectivity index is 1.66. The van der Waals surface area contributed by atoms with Gasteiger partial charge in [-0.05, 0) is 55.8 Å². The molecule has 3 rings (SSSR count). The Bertz CT molecular complexity index is 1480. The maximum atomic E-state index is 13.4. The van der Waals surface area contributed by atoms with Crippen molar-refractivity contribution in [2.75, 3.05) is 18.0 Å². The molecule has 4 unspecified atom stereocenters. The zero-order valence-corrected chi connectivity index (χ0v) is 25.8. The van der Waals surface area contributed by atoms with Crippen LogP contribution in [0.1, 0.15) is 41.5 Å². The quantitative estimate of drug-likeness (QED) is 0.280. The third kappa shape index (κ3) is 7.88. The number of ether oxygens (including phenoxy) is 4. The summed E-state index contributed by atoms with van der Waals surface area (Å²) in [6, 6.07) is 3.32. The van der Waals surface area contributed by atoms with Crippen molar-refractivity contribution in [1.82, 2.24) is 14.9 Å². The van der Waals surface area contributed by atoms with Crippen molar-refractivity contribution in [2.45, 2.75) is 66.0 Å². The minimum atomic E-state index is -1.47. The minimum Gasteiger partial charge on any atom is -0.451 e. The SMILES string of the molecule is CC(=O)OC(C)C(=O)OC(C)C(=O)OC(C)C(=O)OC(C)C(=O)N1CCN=C1N(C(C)=O)c1ccc2nccnc2c1Br. The highest BCUT2D eigenvalue weighted by Crippen LogP contribution is 2.33. The second kappa shape index (κ2) is 14.1. The zero-order valence-electron chi connectivity index (χ0n) is 24.2. The largest absolute Gasteiger partial charge is 0.451 e. The predicted molar refractivity (Wildman–Crippen MR) is 152 cm³/mol. The second-order valence-electron chi connectivity index (χ2n) is 9.34. The molecule has 0 N–H and O–H groups in total. The van der Waals surface area contributed by atoms with Crippen LogP contribution in [0.5, 0.6) is 0 Å². The van der Waals surface area contributed by atoms with Crippen LogP contribution in [0.3, 0.4) is 0 Å². The second-order valence-corrected chi connectivity index (χ2v) is 10.1. The van der Waals surface area contributed by atoms with Gasteiger partial charge in [0.25, 0.3) is 5.91 Å². The van der Waals surface area contributed by atoms with Crippen molar-refractivity contribution in [3.05, 3.63) is 29.0 Å². The first-order valence-corrected chi connectivity index (χ1v) is 13.9. The Kier molecular flexibility index (Phi) is 10.9. The summed E-state index contributed by atoms with van der Waals surface area (Å²) in [7, 11) is 0. The molecule has 1 aromatic heterocycles. The molecule has 0 spiro atoms. The summed E-state index contributed by atoms with van der Waals surface area (Å²) < 4.78 is 20.3. The van der Waals surface area contributed by atoms with Gasteiger partial charge in [0.1, 0.15) is 5.52 Å².